The van der Waals surface area contributed by atoms with Gasteiger partial charge in [0.1, 0.15) is 0 Å². The lowest BCUT2D eigenvalue weighted by Gasteiger charge is -2.03. The second-order valence-electron chi connectivity index (χ2n) is 5.04. The van der Waals surface area contributed by atoms with Crippen LogP contribution in [0.1, 0.15) is 26.1 Å². The molecule has 0 unspecified atom stereocenters. The molecule has 0 aliphatic heterocycles. The Morgan fingerprint density at radius 3 is 2.54 bits per heavy atom. The molecule has 0 bridgehead atoms. The van der Waals surface area contributed by atoms with Crippen LogP contribution in [-0.4, -0.2) is 21.1 Å². The Morgan fingerprint density at radius 1 is 1.23 bits per heavy atom. The van der Waals surface area contributed by atoms with Crippen molar-refractivity contribution in [2.75, 3.05) is 5.32 Å². The van der Waals surface area contributed by atoms with Gasteiger partial charge in [0.25, 0.3) is 5.91 Å². The Bertz CT molecular complexity index is 906. The summed E-state index contributed by atoms with van der Waals surface area (Å²) < 4.78 is 37.5. The van der Waals surface area contributed by atoms with Gasteiger partial charge >= 0.3 is 6.18 Å². The first kappa shape index (κ1) is 18.8. The van der Waals surface area contributed by atoms with Crippen molar-refractivity contribution in [2.45, 2.75) is 23.7 Å². The van der Waals surface area contributed by atoms with Crippen molar-refractivity contribution >= 4 is 45.5 Å². The Hall–Kier alpha value is -1.98. The van der Waals surface area contributed by atoms with Crippen LogP contribution in [0.2, 0.25) is 0 Å². The minimum atomic E-state index is -4.57. The van der Waals surface area contributed by atoms with E-state index in [1.54, 1.807) is 47.4 Å². The average Bonchev–Trinajstić information content (AvgIpc) is 3.22. The van der Waals surface area contributed by atoms with E-state index in [1.165, 1.54) is 0 Å². The molecular weight excluding hydrogens is 405 g/mol. The zero-order valence-electron chi connectivity index (χ0n) is 13.2. The lowest BCUT2D eigenvalue weighted by Crippen LogP contribution is -2.11. The molecule has 3 rings (SSSR count). The van der Waals surface area contributed by atoms with Crippen LogP contribution in [-0.2, 0) is 11.9 Å². The number of aryl methyl sites for hydroxylation is 1. The molecule has 1 amide bonds. The standard InChI is InChI=1S/C15H11F3N4OS3/c1-8-19-10(6-24-8)7-25-11-4-2-9(3-5-11)12(23)20-14-22-21-13(26-14)15(16,17)18/h2-6H,7H2,1H3,(H,20,22,23). The first-order valence-corrected chi connectivity index (χ1v) is 9.85. The van der Waals surface area contributed by atoms with Crippen LogP contribution in [0.15, 0.2) is 34.5 Å². The number of anilines is 1. The lowest BCUT2D eigenvalue weighted by molar-refractivity contribution is -0.138. The van der Waals surface area contributed by atoms with Gasteiger partial charge in [-0.25, -0.2) is 4.98 Å². The van der Waals surface area contributed by atoms with Crippen molar-refractivity contribution < 1.29 is 18.0 Å². The van der Waals surface area contributed by atoms with Gasteiger partial charge in [0.15, 0.2) is 0 Å². The Kier molecular flexibility index (Phi) is 5.58. The second-order valence-corrected chi connectivity index (χ2v) is 8.12. The van der Waals surface area contributed by atoms with Crippen LogP contribution in [0, 0.1) is 6.92 Å². The number of carbonyl (C=O) groups excluding carboxylic acids is 1. The van der Waals surface area contributed by atoms with E-state index in [4.69, 9.17) is 0 Å². The number of thiazole rings is 1. The van der Waals surface area contributed by atoms with Crippen LogP contribution in [0.5, 0.6) is 0 Å². The number of hydrogen-bond acceptors (Lipinski definition) is 7. The molecule has 1 N–H and O–H groups in total. The fraction of sp³-hybridized carbons (Fsp3) is 0.200. The number of halogens is 3. The Labute approximate surface area is 158 Å². The maximum atomic E-state index is 12.5. The molecule has 0 saturated heterocycles. The van der Waals surface area contributed by atoms with Gasteiger partial charge in [0.05, 0.1) is 10.7 Å². The minimum absolute atomic E-state index is 0.195. The van der Waals surface area contributed by atoms with E-state index in [1.807, 2.05) is 12.3 Å². The monoisotopic (exact) mass is 416 g/mol. The second kappa shape index (κ2) is 7.72. The molecule has 136 valence electrons. The maximum Gasteiger partial charge on any atom is 0.445 e. The number of amides is 1. The van der Waals surface area contributed by atoms with Crippen LogP contribution in [0.4, 0.5) is 18.3 Å². The van der Waals surface area contributed by atoms with Crippen LogP contribution in [0.3, 0.4) is 0 Å². The fourth-order valence-corrected chi connectivity index (χ4v) is 4.01. The number of aromatic nitrogens is 3. The van der Waals surface area contributed by atoms with Gasteiger partial charge in [-0.2, -0.15) is 13.2 Å². The summed E-state index contributed by atoms with van der Waals surface area (Å²) in [5.41, 5.74) is 1.32. The largest absolute Gasteiger partial charge is 0.445 e. The van der Waals surface area contributed by atoms with Crippen LogP contribution < -0.4 is 5.32 Å². The zero-order valence-corrected chi connectivity index (χ0v) is 15.7. The number of benzene rings is 1. The third-order valence-electron chi connectivity index (χ3n) is 3.06. The van der Waals surface area contributed by atoms with E-state index in [2.05, 4.69) is 20.5 Å². The fourth-order valence-electron chi connectivity index (χ4n) is 1.89. The van der Waals surface area contributed by atoms with Gasteiger partial charge in [-0.15, -0.1) is 33.3 Å². The Balaban J connectivity index is 1.59. The highest BCUT2D eigenvalue weighted by Gasteiger charge is 2.35. The molecule has 1 aromatic carbocycles. The van der Waals surface area contributed by atoms with E-state index in [0.29, 0.717) is 5.56 Å². The van der Waals surface area contributed by atoms with Crippen molar-refractivity contribution in [3.8, 4) is 0 Å². The van der Waals surface area contributed by atoms with E-state index in [0.717, 1.165) is 21.3 Å². The molecule has 11 heteroatoms. The average molecular weight is 416 g/mol. The summed E-state index contributed by atoms with van der Waals surface area (Å²) in [5.74, 6) is 0.183. The highest BCUT2D eigenvalue weighted by atomic mass is 32.2. The smallest absolute Gasteiger partial charge is 0.296 e. The number of nitrogens with zero attached hydrogens (tertiary/aromatic N) is 3. The molecule has 26 heavy (non-hydrogen) atoms. The summed E-state index contributed by atoms with van der Waals surface area (Å²) in [6.07, 6.45) is -4.57. The molecule has 3 aromatic rings. The number of thioether (sulfide) groups is 1. The molecule has 0 aliphatic rings. The van der Waals surface area contributed by atoms with E-state index >= 15 is 0 Å². The van der Waals surface area contributed by atoms with Gasteiger partial charge in [0.2, 0.25) is 10.1 Å². The molecule has 0 spiro atoms. The third kappa shape index (κ3) is 4.80. The number of hydrogen-bond donors (Lipinski definition) is 1. The number of nitrogens with one attached hydrogen (secondary N) is 1. The Morgan fingerprint density at radius 2 is 1.96 bits per heavy atom. The van der Waals surface area contributed by atoms with Crippen molar-refractivity contribution in [1.82, 2.24) is 15.2 Å². The molecule has 0 radical (unpaired) electrons. The highest BCUT2D eigenvalue weighted by Crippen LogP contribution is 2.33. The zero-order chi connectivity index (χ0) is 18.7. The normalized spacial score (nSPS) is 11.5. The number of carbonyl (C=O) groups is 1. The third-order valence-corrected chi connectivity index (χ3v) is 5.81. The van der Waals surface area contributed by atoms with Gasteiger partial charge in [0, 0.05) is 21.6 Å². The number of rotatable bonds is 5. The molecule has 0 aliphatic carbocycles. The van der Waals surface area contributed by atoms with Crippen molar-refractivity contribution in [2.24, 2.45) is 0 Å². The molecular formula is C15H11F3N4OS3. The van der Waals surface area contributed by atoms with Gasteiger partial charge in [-0.3, -0.25) is 10.1 Å². The summed E-state index contributed by atoms with van der Waals surface area (Å²) in [6, 6.07) is 6.77. The first-order chi connectivity index (χ1) is 12.3. The van der Waals surface area contributed by atoms with Crippen LogP contribution in [0.25, 0.3) is 0 Å². The summed E-state index contributed by atoms with van der Waals surface area (Å²) in [7, 11) is 0. The van der Waals surface area contributed by atoms with Crippen LogP contribution >= 0.6 is 34.4 Å². The van der Waals surface area contributed by atoms with Gasteiger partial charge < -0.3 is 0 Å². The van der Waals surface area contributed by atoms with Crippen molar-refractivity contribution in [3.63, 3.8) is 0 Å². The quantitative estimate of drug-likeness (QED) is 0.601. The predicted molar refractivity (Wildman–Crippen MR) is 95.7 cm³/mol. The summed E-state index contributed by atoms with van der Waals surface area (Å²) >= 11 is 3.46. The van der Waals surface area contributed by atoms with E-state index in [-0.39, 0.29) is 16.5 Å². The number of alkyl halides is 3. The molecule has 0 fully saturated rings. The maximum absolute atomic E-state index is 12.5. The van der Waals surface area contributed by atoms with Crippen molar-refractivity contribution in [1.29, 1.82) is 0 Å². The molecule has 0 atom stereocenters. The highest BCUT2D eigenvalue weighted by molar-refractivity contribution is 7.98. The molecule has 5 nitrogen and oxygen atoms in total. The first-order valence-electron chi connectivity index (χ1n) is 7.17. The SMILES string of the molecule is Cc1nc(CSc2ccc(C(=O)Nc3nnc(C(F)(F)F)s3)cc2)cs1. The summed E-state index contributed by atoms with van der Waals surface area (Å²) in [4.78, 5) is 17.4. The van der Waals surface area contributed by atoms with E-state index in [9.17, 15) is 18.0 Å². The van der Waals surface area contributed by atoms with E-state index < -0.39 is 17.1 Å². The summed E-state index contributed by atoms with van der Waals surface area (Å²) in [5, 5.41) is 10.4. The van der Waals surface area contributed by atoms with Gasteiger partial charge in [-0.05, 0) is 31.2 Å². The lowest BCUT2D eigenvalue weighted by atomic mass is 10.2. The van der Waals surface area contributed by atoms with Crippen molar-refractivity contribution in [3.05, 3.63) is 50.9 Å². The molecule has 2 heterocycles. The van der Waals surface area contributed by atoms with Gasteiger partial charge in [-0.1, -0.05) is 11.3 Å². The minimum Gasteiger partial charge on any atom is -0.296 e. The predicted octanol–water partition coefficient (Wildman–Crippen LogP) is 4.87. The topological polar surface area (TPSA) is 67.8 Å². The molecule has 2 aromatic heterocycles. The summed E-state index contributed by atoms with van der Waals surface area (Å²) in [6.45, 7) is 1.95. The molecule has 0 saturated carbocycles.